The van der Waals surface area contributed by atoms with Crippen LogP contribution < -0.4 is 14.2 Å². The fourth-order valence-corrected chi connectivity index (χ4v) is 4.80. The highest BCUT2D eigenvalue weighted by molar-refractivity contribution is 7.99. The van der Waals surface area contributed by atoms with E-state index in [0.717, 1.165) is 22.6 Å². The van der Waals surface area contributed by atoms with Crippen LogP contribution in [-0.4, -0.2) is 37.3 Å². The summed E-state index contributed by atoms with van der Waals surface area (Å²) in [6, 6.07) is 23.3. The molecule has 1 atom stereocenters. The zero-order valence-electron chi connectivity index (χ0n) is 17.6. The number of methoxy groups -OCH3 is 2. The van der Waals surface area contributed by atoms with Gasteiger partial charge in [0.05, 0.1) is 14.2 Å². The van der Waals surface area contributed by atoms with Crippen molar-refractivity contribution < 1.29 is 19.0 Å². The van der Waals surface area contributed by atoms with E-state index in [1.807, 2.05) is 59.5 Å². The number of benzene rings is 3. The molecule has 5 nitrogen and oxygen atoms in total. The number of carbonyl (C=O) groups is 1. The first kappa shape index (κ1) is 21.1. The summed E-state index contributed by atoms with van der Waals surface area (Å²) in [6.45, 7) is 1.19. The minimum atomic E-state index is -0.0648. The van der Waals surface area contributed by atoms with Crippen LogP contribution in [0.25, 0.3) is 0 Å². The van der Waals surface area contributed by atoms with Gasteiger partial charge in [-0.1, -0.05) is 42.5 Å². The van der Waals surface area contributed by atoms with E-state index < -0.39 is 0 Å². The lowest BCUT2D eigenvalue weighted by molar-refractivity contribution is 0.0759. The molecule has 1 saturated heterocycles. The Morgan fingerprint density at radius 1 is 0.935 bits per heavy atom. The minimum absolute atomic E-state index is 0.0391. The molecule has 0 N–H and O–H groups in total. The normalized spacial score (nSPS) is 15.5. The number of ether oxygens (including phenoxy) is 3. The first-order chi connectivity index (χ1) is 15.2. The van der Waals surface area contributed by atoms with Crippen molar-refractivity contribution in [1.29, 1.82) is 0 Å². The molecule has 1 fully saturated rings. The molecule has 0 aliphatic carbocycles. The van der Waals surface area contributed by atoms with Crippen LogP contribution in [0.15, 0.2) is 72.8 Å². The molecule has 1 heterocycles. The maximum Gasteiger partial charge on any atom is 0.255 e. The lowest BCUT2D eigenvalue weighted by atomic mass is 10.1. The summed E-state index contributed by atoms with van der Waals surface area (Å²) in [7, 11) is 3.16. The second kappa shape index (κ2) is 9.79. The molecule has 0 spiro atoms. The molecule has 0 bridgehead atoms. The lowest BCUT2D eigenvalue weighted by Crippen LogP contribution is -2.30. The number of amides is 1. The Balaban J connectivity index is 1.52. The van der Waals surface area contributed by atoms with Crippen molar-refractivity contribution in [2.75, 3.05) is 26.5 Å². The Morgan fingerprint density at radius 2 is 1.68 bits per heavy atom. The van der Waals surface area contributed by atoms with Crippen LogP contribution in [-0.2, 0) is 6.61 Å². The molecular formula is C25H25NO4S. The van der Waals surface area contributed by atoms with Crippen LogP contribution in [0.1, 0.15) is 26.9 Å². The van der Waals surface area contributed by atoms with Crippen molar-refractivity contribution in [2.24, 2.45) is 0 Å². The van der Waals surface area contributed by atoms with Gasteiger partial charge in [0.25, 0.3) is 5.91 Å². The molecule has 31 heavy (non-hydrogen) atoms. The fraction of sp³-hybridized carbons (Fsp3) is 0.240. The van der Waals surface area contributed by atoms with Gasteiger partial charge in [0.2, 0.25) is 0 Å². The molecule has 1 amide bonds. The summed E-state index contributed by atoms with van der Waals surface area (Å²) in [5, 5.41) is -0.0648. The Hall–Kier alpha value is -3.12. The van der Waals surface area contributed by atoms with Crippen molar-refractivity contribution in [1.82, 2.24) is 4.90 Å². The minimum Gasteiger partial charge on any atom is -0.497 e. The van der Waals surface area contributed by atoms with Gasteiger partial charge in [-0.3, -0.25) is 4.79 Å². The van der Waals surface area contributed by atoms with E-state index >= 15 is 0 Å². The number of carbonyl (C=O) groups excluding carboxylic acids is 1. The van der Waals surface area contributed by atoms with Crippen LogP contribution in [0.5, 0.6) is 17.2 Å². The number of hydrogen-bond acceptors (Lipinski definition) is 5. The largest absolute Gasteiger partial charge is 0.497 e. The van der Waals surface area contributed by atoms with Gasteiger partial charge < -0.3 is 19.1 Å². The first-order valence-electron chi connectivity index (χ1n) is 10.1. The van der Waals surface area contributed by atoms with Gasteiger partial charge in [-0.15, -0.1) is 11.8 Å². The van der Waals surface area contributed by atoms with E-state index in [1.54, 1.807) is 44.2 Å². The third-order valence-electron chi connectivity index (χ3n) is 5.14. The molecule has 1 unspecified atom stereocenters. The summed E-state index contributed by atoms with van der Waals surface area (Å²) in [4.78, 5) is 15.2. The Kier molecular flexibility index (Phi) is 6.67. The average Bonchev–Trinajstić information content (AvgIpc) is 3.32. The maximum atomic E-state index is 13.3. The van der Waals surface area contributed by atoms with Gasteiger partial charge in [-0.25, -0.2) is 0 Å². The smallest absolute Gasteiger partial charge is 0.255 e. The van der Waals surface area contributed by atoms with Crippen LogP contribution in [0, 0.1) is 0 Å². The first-order valence-corrected chi connectivity index (χ1v) is 11.1. The van der Waals surface area contributed by atoms with E-state index in [0.29, 0.717) is 30.2 Å². The predicted octanol–water partition coefficient (Wildman–Crippen LogP) is 5.17. The standard InChI is InChI=1S/C25H25NO4S/c1-28-22-14-20(15-23(16-22)29-2)24(27)26-11-12-31-25(26)19-9-6-10-21(13-19)30-17-18-7-4-3-5-8-18/h3-10,13-16,25H,11-12,17H2,1-2H3. The van der Waals surface area contributed by atoms with Crippen molar-refractivity contribution in [3.05, 3.63) is 89.5 Å². The van der Waals surface area contributed by atoms with E-state index in [1.165, 1.54) is 0 Å². The molecular weight excluding hydrogens is 410 g/mol. The highest BCUT2D eigenvalue weighted by Crippen LogP contribution is 2.40. The summed E-state index contributed by atoms with van der Waals surface area (Å²) in [5.74, 6) is 2.84. The molecule has 4 rings (SSSR count). The van der Waals surface area contributed by atoms with Crippen molar-refractivity contribution in [2.45, 2.75) is 12.0 Å². The quantitative estimate of drug-likeness (QED) is 0.512. The number of nitrogens with zero attached hydrogens (tertiary/aromatic N) is 1. The van der Waals surface area contributed by atoms with Gasteiger partial charge in [-0.2, -0.15) is 0 Å². The monoisotopic (exact) mass is 435 g/mol. The van der Waals surface area contributed by atoms with Crippen LogP contribution in [0.3, 0.4) is 0 Å². The fourth-order valence-electron chi connectivity index (χ4n) is 3.55. The van der Waals surface area contributed by atoms with Gasteiger partial charge in [0.15, 0.2) is 0 Å². The summed E-state index contributed by atoms with van der Waals surface area (Å²) >= 11 is 1.76. The number of hydrogen-bond donors (Lipinski definition) is 0. The van der Waals surface area contributed by atoms with Gasteiger partial charge in [0.1, 0.15) is 29.2 Å². The van der Waals surface area contributed by atoms with Crippen LogP contribution in [0.2, 0.25) is 0 Å². The third kappa shape index (κ3) is 4.97. The van der Waals surface area contributed by atoms with Gasteiger partial charge in [0, 0.05) is 23.9 Å². The summed E-state index contributed by atoms with van der Waals surface area (Å²) < 4.78 is 16.6. The van der Waals surface area contributed by atoms with E-state index in [4.69, 9.17) is 14.2 Å². The second-order valence-corrected chi connectivity index (χ2v) is 8.36. The van der Waals surface area contributed by atoms with Gasteiger partial charge in [-0.05, 0) is 35.4 Å². The molecule has 1 aliphatic heterocycles. The second-order valence-electron chi connectivity index (χ2n) is 7.17. The van der Waals surface area contributed by atoms with E-state index in [2.05, 4.69) is 0 Å². The van der Waals surface area contributed by atoms with Crippen molar-refractivity contribution in [3.63, 3.8) is 0 Å². The molecule has 0 aromatic heterocycles. The van der Waals surface area contributed by atoms with Crippen molar-refractivity contribution in [3.8, 4) is 17.2 Å². The molecule has 3 aromatic carbocycles. The molecule has 160 valence electrons. The molecule has 0 saturated carbocycles. The van der Waals surface area contributed by atoms with E-state index in [9.17, 15) is 4.79 Å². The highest BCUT2D eigenvalue weighted by atomic mass is 32.2. The third-order valence-corrected chi connectivity index (χ3v) is 6.40. The Labute approximate surface area is 186 Å². The topological polar surface area (TPSA) is 48.0 Å². The van der Waals surface area contributed by atoms with Gasteiger partial charge >= 0.3 is 0 Å². The SMILES string of the molecule is COc1cc(OC)cc(C(=O)N2CCSC2c2cccc(OCc3ccccc3)c2)c1. The predicted molar refractivity (Wildman–Crippen MR) is 123 cm³/mol. The average molecular weight is 436 g/mol. The Morgan fingerprint density at radius 3 is 2.39 bits per heavy atom. The highest BCUT2D eigenvalue weighted by Gasteiger charge is 2.32. The van der Waals surface area contributed by atoms with Crippen LogP contribution >= 0.6 is 11.8 Å². The molecule has 1 aliphatic rings. The zero-order valence-corrected chi connectivity index (χ0v) is 18.4. The molecule has 6 heteroatoms. The van der Waals surface area contributed by atoms with Crippen LogP contribution in [0.4, 0.5) is 0 Å². The maximum absolute atomic E-state index is 13.3. The molecule has 3 aromatic rings. The van der Waals surface area contributed by atoms with E-state index in [-0.39, 0.29) is 11.3 Å². The summed E-state index contributed by atoms with van der Waals surface area (Å²) in [5.41, 5.74) is 2.73. The number of thioether (sulfide) groups is 1. The zero-order chi connectivity index (χ0) is 21.6. The molecule has 0 radical (unpaired) electrons. The number of rotatable bonds is 7. The Bertz CT molecular complexity index is 1020. The lowest BCUT2D eigenvalue weighted by Gasteiger charge is -2.25. The van der Waals surface area contributed by atoms with Crippen molar-refractivity contribution >= 4 is 17.7 Å². The summed E-state index contributed by atoms with van der Waals surface area (Å²) in [6.07, 6.45) is 0.